The Labute approximate surface area is 119 Å². The van der Waals surface area contributed by atoms with Gasteiger partial charge in [0.05, 0.1) is 10.5 Å². The molecule has 1 aliphatic carbocycles. The number of nitrogens with zero attached hydrogens (tertiary/aromatic N) is 1. The van der Waals surface area contributed by atoms with Gasteiger partial charge in [-0.1, -0.05) is 22.0 Å². The van der Waals surface area contributed by atoms with Gasteiger partial charge < -0.3 is 5.32 Å². The van der Waals surface area contributed by atoms with Crippen LogP contribution in [0, 0.1) is 17.0 Å². The van der Waals surface area contributed by atoms with Crippen molar-refractivity contribution in [3.8, 4) is 0 Å². The van der Waals surface area contributed by atoms with Crippen LogP contribution < -0.4 is 5.32 Å². The molecule has 1 amide bonds. The number of amides is 1. The zero-order chi connectivity index (χ0) is 14.0. The monoisotopic (exact) mass is 326 g/mol. The summed E-state index contributed by atoms with van der Waals surface area (Å²) in [6.45, 7) is 1.61. The molecule has 1 saturated carbocycles. The molecule has 1 aromatic carbocycles. The molecule has 0 radical (unpaired) electrons. The number of carbonyl (C=O) groups excluding carboxylic acids is 1. The van der Waals surface area contributed by atoms with Crippen molar-refractivity contribution in [2.45, 2.75) is 31.7 Å². The maximum Gasteiger partial charge on any atom is 0.273 e. The van der Waals surface area contributed by atoms with Gasteiger partial charge in [0.2, 0.25) is 0 Å². The molecule has 6 heteroatoms. The largest absolute Gasteiger partial charge is 0.346 e. The van der Waals surface area contributed by atoms with Crippen LogP contribution in [0.3, 0.4) is 0 Å². The lowest BCUT2D eigenvalue weighted by molar-refractivity contribution is -0.385. The first-order valence-corrected chi connectivity index (χ1v) is 7.24. The number of carbonyl (C=O) groups is 1. The molecule has 0 spiro atoms. The first-order chi connectivity index (χ1) is 8.99. The lowest BCUT2D eigenvalue weighted by atomic mass is 9.78. The topological polar surface area (TPSA) is 72.2 Å². The van der Waals surface area contributed by atoms with E-state index in [1.54, 1.807) is 19.1 Å². The van der Waals surface area contributed by atoms with Gasteiger partial charge in [-0.15, -0.1) is 0 Å². The van der Waals surface area contributed by atoms with E-state index in [4.69, 9.17) is 0 Å². The molecule has 0 unspecified atom stereocenters. The van der Waals surface area contributed by atoms with E-state index in [0.717, 1.165) is 19.3 Å². The number of rotatable bonds is 4. The van der Waals surface area contributed by atoms with E-state index < -0.39 is 4.92 Å². The summed E-state index contributed by atoms with van der Waals surface area (Å²) < 4.78 is 0. The van der Waals surface area contributed by atoms with Gasteiger partial charge >= 0.3 is 0 Å². The molecule has 0 bridgehead atoms. The molecule has 102 valence electrons. The smallest absolute Gasteiger partial charge is 0.273 e. The van der Waals surface area contributed by atoms with Crippen LogP contribution in [0.4, 0.5) is 5.69 Å². The van der Waals surface area contributed by atoms with Crippen molar-refractivity contribution in [2.24, 2.45) is 0 Å². The fraction of sp³-hybridized carbons (Fsp3) is 0.462. The van der Waals surface area contributed by atoms with Crippen LogP contribution in [0.15, 0.2) is 18.2 Å². The van der Waals surface area contributed by atoms with Crippen LogP contribution in [-0.2, 0) is 0 Å². The number of benzene rings is 1. The highest BCUT2D eigenvalue weighted by molar-refractivity contribution is 9.09. The van der Waals surface area contributed by atoms with E-state index in [1.165, 1.54) is 6.07 Å². The Morgan fingerprint density at radius 2 is 2.21 bits per heavy atom. The van der Waals surface area contributed by atoms with Crippen LogP contribution in [0.25, 0.3) is 0 Å². The third-order valence-corrected chi connectivity index (χ3v) is 4.77. The quantitative estimate of drug-likeness (QED) is 0.525. The zero-order valence-electron chi connectivity index (χ0n) is 10.6. The molecular formula is C13H15BrN2O3. The van der Waals surface area contributed by atoms with Crippen molar-refractivity contribution in [3.05, 3.63) is 39.4 Å². The van der Waals surface area contributed by atoms with Crippen molar-refractivity contribution < 1.29 is 9.72 Å². The number of nitro benzene ring substituents is 1. The molecular weight excluding hydrogens is 312 g/mol. The van der Waals surface area contributed by atoms with E-state index in [0.29, 0.717) is 16.5 Å². The van der Waals surface area contributed by atoms with Crippen LogP contribution in [0.1, 0.15) is 35.2 Å². The van der Waals surface area contributed by atoms with Gasteiger partial charge in [0, 0.05) is 22.5 Å². The summed E-state index contributed by atoms with van der Waals surface area (Å²) in [6.07, 6.45) is 2.98. The first-order valence-electron chi connectivity index (χ1n) is 6.11. The second-order valence-corrected chi connectivity index (χ2v) is 5.49. The number of hydrogen-bond acceptors (Lipinski definition) is 3. The number of halogens is 1. The summed E-state index contributed by atoms with van der Waals surface area (Å²) in [5, 5.41) is 14.6. The van der Waals surface area contributed by atoms with E-state index in [-0.39, 0.29) is 17.1 Å². The maximum atomic E-state index is 12.3. The summed E-state index contributed by atoms with van der Waals surface area (Å²) in [7, 11) is 0. The average molecular weight is 327 g/mol. The third-order valence-electron chi connectivity index (χ3n) is 3.69. The lowest BCUT2D eigenvalue weighted by Crippen LogP contribution is -2.55. The van der Waals surface area contributed by atoms with Crippen molar-refractivity contribution in [1.29, 1.82) is 0 Å². The van der Waals surface area contributed by atoms with Gasteiger partial charge in [-0.25, -0.2) is 0 Å². The Hall–Kier alpha value is -1.43. The molecule has 1 aromatic rings. The first kappa shape index (κ1) is 14.0. The number of hydrogen-bond donors (Lipinski definition) is 1. The fourth-order valence-electron chi connectivity index (χ4n) is 2.27. The van der Waals surface area contributed by atoms with Gasteiger partial charge in [-0.3, -0.25) is 14.9 Å². The molecule has 1 fully saturated rings. The van der Waals surface area contributed by atoms with E-state index in [1.807, 2.05) is 0 Å². The summed E-state index contributed by atoms with van der Waals surface area (Å²) in [4.78, 5) is 22.7. The molecule has 0 aliphatic heterocycles. The van der Waals surface area contributed by atoms with E-state index >= 15 is 0 Å². The number of nitro groups is 1. The van der Waals surface area contributed by atoms with Gasteiger partial charge in [0.15, 0.2) is 0 Å². The van der Waals surface area contributed by atoms with E-state index in [2.05, 4.69) is 21.2 Å². The lowest BCUT2D eigenvalue weighted by Gasteiger charge is -2.41. The van der Waals surface area contributed by atoms with Crippen LogP contribution in [0.2, 0.25) is 0 Å². The summed E-state index contributed by atoms with van der Waals surface area (Å²) in [5.74, 6) is -0.236. The SMILES string of the molecule is Cc1c(C(=O)NC2(CBr)CCC2)cccc1[N+](=O)[O-]. The third kappa shape index (κ3) is 2.63. The standard InChI is InChI=1S/C13H15BrN2O3/c1-9-10(4-2-5-11(9)16(18)19)12(17)15-13(8-14)6-3-7-13/h2,4-5H,3,6-8H2,1H3,(H,15,17). The Morgan fingerprint density at radius 3 is 2.68 bits per heavy atom. The van der Waals surface area contributed by atoms with Crippen LogP contribution >= 0.6 is 15.9 Å². The number of nitrogens with one attached hydrogen (secondary N) is 1. The Bertz CT molecular complexity index is 521. The normalized spacial score (nSPS) is 16.5. The van der Waals surface area contributed by atoms with E-state index in [9.17, 15) is 14.9 Å². The predicted octanol–water partition coefficient (Wildman–Crippen LogP) is 2.95. The van der Waals surface area contributed by atoms with Crippen molar-refractivity contribution in [1.82, 2.24) is 5.32 Å². The van der Waals surface area contributed by atoms with Crippen molar-refractivity contribution in [3.63, 3.8) is 0 Å². The minimum atomic E-state index is -0.463. The molecule has 19 heavy (non-hydrogen) atoms. The van der Waals surface area contributed by atoms with Gasteiger partial charge in [0.25, 0.3) is 11.6 Å². The predicted molar refractivity (Wildman–Crippen MR) is 75.7 cm³/mol. The summed E-state index contributed by atoms with van der Waals surface area (Å²) in [5.41, 5.74) is 0.582. The van der Waals surface area contributed by atoms with Gasteiger partial charge in [-0.05, 0) is 32.3 Å². The highest BCUT2D eigenvalue weighted by Gasteiger charge is 2.37. The molecule has 1 N–H and O–H groups in total. The Balaban J connectivity index is 2.24. The fourth-order valence-corrected chi connectivity index (χ4v) is 2.97. The maximum absolute atomic E-state index is 12.3. The number of alkyl halides is 1. The molecule has 1 aliphatic rings. The van der Waals surface area contributed by atoms with Crippen LogP contribution in [0.5, 0.6) is 0 Å². The molecule has 0 heterocycles. The molecule has 0 saturated heterocycles. The summed E-state index contributed by atoms with van der Waals surface area (Å²) >= 11 is 3.42. The second kappa shape index (κ2) is 5.28. The summed E-state index contributed by atoms with van der Waals surface area (Å²) in [6, 6.07) is 4.58. The van der Waals surface area contributed by atoms with Gasteiger partial charge in [-0.2, -0.15) is 0 Å². The average Bonchev–Trinajstić information content (AvgIpc) is 2.33. The van der Waals surface area contributed by atoms with Gasteiger partial charge in [0.1, 0.15) is 0 Å². The Kier molecular flexibility index (Phi) is 3.89. The Morgan fingerprint density at radius 1 is 1.53 bits per heavy atom. The highest BCUT2D eigenvalue weighted by atomic mass is 79.9. The van der Waals surface area contributed by atoms with Crippen molar-refractivity contribution >= 4 is 27.5 Å². The minimum Gasteiger partial charge on any atom is -0.346 e. The van der Waals surface area contributed by atoms with Crippen LogP contribution in [-0.4, -0.2) is 21.7 Å². The molecule has 0 aromatic heterocycles. The second-order valence-electron chi connectivity index (χ2n) is 4.93. The molecule has 5 nitrogen and oxygen atoms in total. The molecule has 2 rings (SSSR count). The highest BCUT2D eigenvalue weighted by Crippen LogP contribution is 2.34. The zero-order valence-corrected chi connectivity index (χ0v) is 12.2. The van der Waals surface area contributed by atoms with Crippen molar-refractivity contribution in [2.75, 3.05) is 5.33 Å². The molecule has 0 atom stereocenters. The minimum absolute atomic E-state index is 0.0193.